The number of alkyl halides is 2. The number of nitrogens with zero attached hydrogens (tertiary/aromatic N) is 2. The van der Waals surface area contributed by atoms with E-state index < -0.39 is 23.6 Å². The van der Waals surface area contributed by atoms with Crippen molar-refractivity contribution in [3.63, 3.8) is 0 Å². The van der Waals surface area contributed by atoms with Gasteiger partial charge in [-0.05, 0) is 37.8 Å². The molecule has 0 radical (unpaired) electrons. The lowest BCUT2D eigenvalue weighted by Crippen LogP contribution is -2.51. The minimum absolute atomic E-state index is 0.0810. The highest BCUT2D eigenvalue weighted by Gasteiger charge is 2.44. The molecule has 7 nitrogen and oxygen atoms in total. The van der Waals surface area contributed by atoms with Gasteiger partial charge in [0.15, 0.2) is 0 Å². The molecule has 1 saturated carbocycles. The number of carbonyl (C=O) groups excluding carboxylic acids is 3. The fourth-order valence-corrected chi connectivity index (χ4v) is 4.87. The van der Waals surface area contributed by atoms with E-state index in [1.165, 1.54) is 18.1 Å². The van der Waals surface area contributed by atoms with E-state index in [1.807, 2.05) is 0 Å². The first-order valence-electron chi connectivity index (χ1n) is 10.3. The maximum absolute atomic E-state index is 13.4. The van der Waals surface area contributed by atoms with Crippen LogP contribution in [0.3, 0.4) is 0 Å². The van der Waals surface area contributed by atoms with Crippen LogP contribution in [0.5, 0.6) is 0 Å². The first kappa shape index (κ1) is 20.9. The second kappa shape index (κ2) is 8.03. The monoisotopic (exact) mass is 421 g/mol. The van der Waals surface area contributed by atoms with E-state index >= 15 is 0 Å². The lowest BCUT2D eigenvalue weighted by molar-refractivity contribution is -0.0571. The van der Waals surface area contributed by atoms with Gasteiger partial charge in [-0.15, -0.1) is 0 Å². The number of imide groups is 1. The Bertz CT molecular complexity index is 858. The number of likely N-dealkylation sites (tertiary alicyclic amines) is 1. The second-order valence-corrected chi connectivity index (χ2v) is 8.20. The van der Waals surface area contributed by atoms with Crippen molar-refractivity contribution in [3.8, 4) is 0 Å². The molecule has 0 aromatic heterocycles. The highest BCUT2D eigenvalue weighted by atomic mass is 19.3. The summed E-state index contributed by atoms with van der Waals surface area (Å²) in [4.78, 5) is 46.4. The van der Waals surface area contributed by atoms with Crippen molar-refractivity contribution in [2.45, 2.75) is 56.5 Å². The van der Waals surface area contributed by atoms with E-state index in [0.717, 1.165) is 0 Å². The van der Waals surface area contributed by atoms with Crippen LogP contribution in [-0.4, -0.2) is 65.7 Å². The zero-order valence-electron chi connectivity index (χ0n) is 16.8. The van der Waals surface area contributed by atoms with Crippen LogP contribution in [-0.2, 0) is 4.84 Å². The summed E-state index contributed by atoms with van der Waals surface area (Å²) in [6.07, 6.45) is 1.98. The average molecular weight is 421 g/mol. The number of amides is 3. The molecule has 2 fully saturated rings. The summed E-state index contributed by atoms with van der Waals surface area (Å²) in [7, 11) is 1.29. The van der Waals surface area contributed by atoms with Crippen molar-refractivity contribution < 1.29 is 28.0 Å². The number of piperidine rings is 1. The van der Waals surface area contributed by atoms with Crippen LogP contribution in [0.4, 0.5) is 8.78 Å². The minimum Gasteiger partial charge on any atom is -0.300 e. The molecular weight excluding hydrogens is 396 g/mol. The predicted octanol–water partition coefficient (Wildman–Crippen LogP) is 2.62. The molecule has 3 amide bonds. The summed E-state index contributed by atoms with van der Waals surface area (Å²) in [6.45, 7) is 1.32. The third-order valence-corrected chi connectivity index (χ3v) is 6.45. The average Bonchev–Trinajstić information content (AvgIpc) is 2.99. The lowest BCUT2D eigenvalue weighted by Gasteiger charge is -2.42. The molecule has 2 aliphatic heterocycles. The van der Waals surface area contributed by atoms with Gasteiger partial charge in [0.1, 0.15) is 0 Å². The Hall–Kier alpha value is -2.39. The topological polar surface area (TPSA) is 79.0 Å². The molecule has 0 spiro atoms. The highest BCUT2D eigenvalue weighted by Crippen LogP contribution is 2.37. The molecule has 9 heteroatoms. The number of hydrogen-bond acceptors (Lipinski definition) is 5. The largest absolute Gasteiger partial charge is 0.300 e. The summed E-state index contributed by atoms with van der Waals surface area (Å²) >= 11 is 0. The van der Waals surface area contributed by atoms with Crippen molar-refractivity contribution in [1.82, 2.24) is 15.3 Å². The summed E-state index contributed by atoms with van der Waals surface area (Å²) in [5.41, 5.74) is 2.62. The second-order valence-electron chi connectivity index (χ2n) is 8.20. The van der Waals surface area contributed by atoms with Crippen LogP contribution in [0.25, 0.3) is 0 Å². The van der Waals surface area contributed by atoms with Crippen molar-refractivity contribution in [2.75, 3.05) is 20.2 Å². The van der Waals surface area contributed by atoms with E-state index in [-0.39, 0.29) is 41.6 Å². The molecule has 0 atom stereocenters. The minimum atomic E-state index is -2.55. The smallest absolute Gasteiger partial charge is 0.275 e. The van der Waals surface area contributed by atoms with E-state index in [1.54, 1.807) is 12.1 Å². The molecular formula is C21H25F2N3O4. The normalized spacial score (nSPS) is 23.0. The number of nitrogens with one attached hydrogen (secondary N) is 1. The Kier molecular flexibility index (Phi) is 5.59. The number of hydrogen-bond donors (Lipinski definition) is 1. The molecule has 162 valence electrons. The lowest BCUT2D eigenvalue weighted by atomic mass is 9.89. The summed E-state index contributed by atoms with van der Waals surface area (Å²) < 4.78 is 26.9. The number of hydroxylamine groups is 1. The van der Waals surface area contributed by atoms with Gasteiger partial charge in [-0.25, -0.2) is 14.3 Å². The number of rotatable bonds is 4. The molecule has 1 aromatic rings. The molecule has 2 heterocycles. The van der Waals surface area contributed by atoms with Crippen LogP contribution in [0, 0.1) is 0 Å². The number of halogens is 2. The molecule has 1 saturated heterocycles. The molecule has 4 rings (SSSR count). The Labute approximate surface area is 173 Å². The molecule has 0 bridgehead atoms. The van der Waals surface area contributed by atoms with E-state index in [0.29, 0.717) is 38.8 Å². The van der Waals surface area contributed by atoms with Crippen LogP contribution < -0.4 is 5.48 Å². The Morgan fingerprint density at radius 3 is 2.37 bits per heavy atom. The van der Waals surface area contributed by atoms with Gasteiger partial charge in [0.25, 0.3) is 17.7 Å². The van der Waals surface area contributed by atoms with Gasteiger partial charge in [-0.3, -0.25) is 24.1 Å². The number of fused-ring (bicyclic) bond motifs is 1. The quantitative estimate of drug-likeness (QED) is 0.597. The van der Waals surface area contributed by atoms with Crippen LogP contribution in [0.2, 0.25) is 0 Å². The van der Waals surface area contributed by atoms with E-state index in [2.05, 4.69) is 15.2 Å². The molecule has 3 aliphatic rings. The fourth-order valence-electron chi connectivity index (χ4n) is 4.87. The van der Waals surface area contributed by atoms with Gasteiger partial charge in [0, 0.05) is 38.0 Å². The van der Waals surface area contributed by atoms with Crippen molar-refractivity contribution in [2.24, 2.45) is 0 Å². The van der Waals surface area contributed by atoms with Crippen LogP contribution in [0.15, 0.2) is 18.2 Å². The van der Waals surface area contributed by atoms with Gasteiger partial charge >= 0.3 is 0 Å². The molecule has 30 heavy (non-hydrogen) atoms. The SMILES string of the molecule is CONC(=O)c1cccc2c1C(=O)N(C1CCN(C3CCC(F)(F)CC3)CC1)C2=O. The molecule has 1 aromatic carbocycles. The maximum atomic E-state index is 13.4. The van der Waals surface area contributed by atoms with Gasteiger partial charge in [0.05, 0.1) is 23.8 Å². The van der Waals surface area contributed by atoms with Crippen molar-refractivity contribution >= 4 is 17.7 Å². The number of benzene rings is 1. The summed E-state index contributed by atoms with van der Waals surface area (Å²) in [6, 6.07) is 4.48. The summed E-state index contributed by atoms with van der Waals surface area (Å²) in [5.74, 6) is -3.99. The Balaban J connectivity index is 1.45. The Morgan fingerprint density at radius 2 is 1.73 bits per heavy atom. The van der Waals surface area contributed by atoms with Gasteiger partial charge in [0.2, 0.25) is 5.92 Å². The van der Waals surface area contributed by atoms with Crippen LogP contribution in [0.1, 0.15) is 69.6 Å². The molecule has 1 aliphatic carbocycles. The number of carbonyl (C=O) groups is 3. The highest BCUT2D eigenvalue weighted by molar-refractivity contribution is 6.25. The van der Waals surface area contributed by atoms with Crippen molar-refractivity contribution in [3.05, 3.63) is 34.9 Å². The Morgan fingerprint density at radius 1 is 1.07 bits per heavy atom. The van der Waals surface area contributed by atoms with Gasteiger partial charge in [-0.2, -0.15) is 0 Å². The fraction of sp³-hybridized carbons (Fsp3) is 0.571. The zero-order valence-corrected chi connectivity index (χ0v) is 16.8. The third kappa shape index (κ3) is 3.72. The van der Waals surface area contributed by atoms with E-state index in [4.69, 9.17) is 0 Å². The standard InChI is InChI=1S/C21H25F2N3O4/c1-30-24-18(27)15-3-2-4-16-17(15)20(29)26(19(16)28)14-7-11-25(12-8-14)13-5-9-21(22,23)10-6-13/h2-4,13-14H,5-12H2,1H3,(H,24,27). The van der Waals surface area contributed by atoms with Crippen LogP contribution >= 0.6 is 0 Å². The summed E-state index contributed by atoms with van der Waals surface area (Å²) in [5, 5.41) is 0. The van der Waals surface area contributed by atoms with E-state index in [9.17, 15) is 23.2 Å². The molecule has 0 unspecified atom stereocenters. The molecule has 1 N–H and O–H groups in total. The maximum Gasteiger partial charge on any atom is 0.275 e. The van der Waals surface area contributed by atoms with Crippen molar-refractivity contribution in [1.29, 1.82) is 0 Å². The third-order valence-electron chi connectivity index (χ3n) is 6.45. The first-order chi connectivity index (χ1) is 14.3. The van der Waals surface area contributed by atoms with Gasteiger partial charge in [-0.1, -0.05) is 6.07 Å². The zero-order chi connectivity index (χ0) is 21.5. The van der Waals surface area contributed by atoms with Gasteiger partial charge < -0.3 is 4.90 Å². The first-order valence-corrected chi connectivity index (χ1v) is 10.3. The predicted molar refractivity (Wildman–Crippen MR) is 103 cm³/mol.